The molecular formula is C80H106N6O6. The van der Waals surface area contributed by atoms with Gasteiger partial charge in [0.05, 0.1) is 61.7 Å². The Morgan fingerprint density at radius 1 is 0.239 bits per heavy atom. The molecule has 92 heavy (non-hydrogen) atoms. The zero-order valence-electron chi connectivity index (χ0n) is 57.4. The van der Waals surface area contributed by atoms with Gasteiger partial charge in [0.15, 0.2) is 0 Å². The first kappa shape index (κ1) is 70.8. The molecule has 12 rings (SSSR count). The third-order valence-electron chi connectivity index (χ3n) is 15.8. The normalized spacial score (nSPS) is 10.8. The minimum atomic E-state index is 0.710. The lowest BCUT2D eigenvalue weighted by atomic mass is 10.1. The lowest BCUT2D eigenvalue weighted by Gasteiger charge is -2.07. The van der Waals surface area contributed by atoms with Crippen molar-refractivity contribution in [3.05, 3.63) is 180 Å². The number of aromatic amines is 6. The zero-order chi connectivity index (χ0) is 65.5. The fourth-order valence-electron chi connectivity index (χ4n) is 11.8. The van der Waals surface area contributed by atoms with Crippen molar-refractivity contribution < 1.29 is 28.4 Å². The summed E-state index contributed by atoms with van der Waals surface area (Å²) in [7, 11) is 0. The zero-order valence-corrected chi connectivity index (χ0v) is 57.4. The maximum absolute atomic E-state index is 5.79. The van der Waals surface area contributed by atoms with Crippen LogP contribution < -0.4 is 28.4 Å². The van der Waals surface area contributed by atoms with Crippen LogP contribution in [0.1, 0.15) is 168 Å². The number of aryl methyl sites for hydroxylation is 6. The number of para-hydroxylation sites is 4. The van der Waals surface area contributed by atoms with Crippen LogP contribution in [0.4, 0.5) is 0 Å². The average Bonchev–Trinajstić information content (AvgIpc) is 1.77. The Hall–Kier alpha value is -8.64. The fraction of sp³-hybridized carbons (Fsp3) is 0.400. The van der Waals surface area contributed by atoms with Crippen molar-refractivity contribution in [1.82, 2.24) is 29.9 Å². The van der Waals surface area contributed by atoms with E-state index in [-0.39, 0.29) is 0 Å². The number of hydrogen-bond donors (Lipinski definition) is 6. The SMILES string of the molecule is CCCOc1cccc2[nH]cc(CCC)c12.CCCOc1cccc2[nH]cc(CCC)c12.CCCc1c[nH]c2c(OCC)cccc12.CCCc1c[nH]c2c(OCC)cccc12.CCCc1c[nH]c2c(OCC)cccc12.CCCc1c[nH]c2c(OCC)cccc12. The van der Waals surface area contributed by atoms with Crippen LogP contribution in [0, 0.1) is 0 Å². The quantitative estimate of drug-likeness (QED) is 0.0318. The molecule has 0 bridgehead atoms. The van der Waals surface area contributed by atoms with E-state index in [4.69, 9.17) is 28.4 Å². The minimum Gasteiger partial charge on any atom is -0.493 e. The van der Waals surface area contributed by atoms with Crippen molar-refractivity contribution in [1.29, 1.82) is 0 Å². The van der Waals surface area contributed by atoms with Gasteiger partial charge in [-0.05, 0) is 161 Å². The van der Waals surface area contributed by atoms with Gasteiger partial charge in [-0.2, -0.15) is 0 Å². The highest BCUT2D eigenvalue weighted by Gasteiger charge is 2.13. The highest BCUT2D eigenvalue weighted by Crippen LogP contribution is 2.34. The summed E-state index contributed by atoms with van der Waals surface area (Å²) in [6, 6.07) is 37.3. The Labute approximate surface area is 547 Å². The Morgan fingerprint density at radius 2 is 0.478 bits per heavy atom. The molecule has 0 spiro atoms. The van der Waals surface area contributed by atoms with E-state index >= 15 is 0 Å². The second-order valence-electron chi connectivity index (χ2n) is 22.9. The van der Waals surface area contributed by atoms with Gasteiger partial charge in [-0.25, -0.2) is 0 Å². The number of fused-ring (bicyclic) bond motifs is 6. The van der Waals surface area contributed by atoms with Crippen LogP contribution in [0.15, 0.2) is 146 Å². The second-order valence-corrected chi connectivity index (χ2v) is 22.9. The lowest BCUT2D eigenvalue weighted by Crippen LogP contribution is -1.96. The summed E-state index contributed by atoms with van der Waals surface area (Å²) in [6.07, 6.45) is 28.4. The van der Waals surface area contributed by atoms with Crippen LogP contribution in [0.3, 0.4) is 0 Å². The summed E-state index contributed by atoms with van der Waals surface area (Å²) < 4.78 is 33.9. The fourth-order valence-corrected chi connectivity index (χ4v) is 11.8. The van der Waals surface area contributed by atoms with Gasteiger partial charge in [0.1, 0.15) is 34.5 Å². The third kappa shape index (κ3) is 18.8. The molecule has 12 heteroatoms. The van der Waals surface area contributed by atoms with E-state index in [0.717, 1.165) is 134 Å². The van der Waals surface area contributed by atoms with Crippen LogP contribution in [0.2, 0.25) is 0 Å². The molecule has 0 saturated carbocycles. The Kier molecular flexibility index (Phi) is 29.5. The van der Waals surface area contributed by atoms with E-state index in [1.54, 1.807) is 0 Å². The number of hydrogen-bond acceptors (Lipinski definition) is 6. The molecule has 0 radical (unpaired) electrons. The van der Waals surface area contributed by atoms with Gasteiger partial charge in [0.25, 0.3) is 0 Å². The number of aromatic nitrogens is 6. The first-order valence-corrected chi connectivity index (χ1v) is 34.5. The van der Waals surface area contributed by atoms with E-state index < -0.39 is 0 Å². The van der Waals surface area contributed by atoms with Gasteiger partial charge < -0.3 is 58.3 Å². The molecule has 0 aliphatic heterocycles. The second kappa shape index (κ2) is 38.3. The average molecular weight is 1250 g/mol. The van der Waals surface area contributed by atoms with Crippen molar-refractivity contribution in [3.8, 4) is 34.5 Å². The van der Waals surface area contributed by atoms with Gasteiger partial charge in [-0.1, -0.05) is 155 Å². The van der Waals surface area contributed by atoms with Crippen LogP contribution in [-0.2, 0) is 38.5 Å². The predicted molar refractivity (Wildman–Crippen MR) is 390 cm³/mol. The third-order valence-corrected chi connectivity index (χ3v) is 15.8. The number of rotatable bonds is 26. The Bertz CT molecular complexity index is 3610. The van der Waals surface area contributed by atoms with Crippen LogP contribution in [0.25, 0.3) is 65.4 Å². The van der Waals surface area contributed by atoms with E-state index in [2.05, 4.69) is 195 Å². The monoisotopic (exact) mass is 1250 g/mol. The van der Waals surface area contributed by atoms with Crippen molar-refractivity contribution in [3.63, 3.8) is 0 Å². The summed E-state index contributed by atoms with van der Waals surface area (Å²) in [5.41, 5.74) is 15.1. The summed E-state index contributed by atoms with van der Waals surface area (Å²) in [4.78, 5) is 19.8. The lowest BCUT2D eigenvalue weighted by molar-refractivity contribution is 0.321. The first-order valence-electron chi connectivity index (χ1n) is 34.5. The molecule has 0 aliphatic rings. The molecular weight excluding hydrogens is 1140 g/mol. The summed E-state index contributed by atoms with van der Waals surface area (Å²) >= 11 is 0. The first-order chi connectivity index (χ1) is 45.2. The molecule has 6 aromatic heterocycles. The van der Waals surface area contributed by atoms with Crippen molar-refractivity contribution in [2.75, 3.05) is 39.6 Å². The van der Waals surface area contributed by atoms with Gasteiger partial charge >= 0.3 is 0 Å². The largest absolute Gasteiger partial charge is 0.493 e. The highest BCUT2D eigenvalue weighted by molar-refractivity contribution is 5.92. The Morgan fingerprint density at radius 3 is 0.728 bits per heavy atom. The maximum atomic E-state index is 5.79. The molecule has 0 amide bonds. The summed E-state index contributed by atoms with van der Waals surface area (Å²) in [6.45, 7) is 29.9. The molecule has 12 aromatic rings. The van der Waals surface area contributed by atoms with Crippen LogP contribution >= 0.6 is 0 Å². The molecule has 0 aliphatic carbocycles. The predicted octanol–water partition coefficient (Wildman–Crippen LogP) is 21.9. The number of ether oxygens (including phenoxy) is 6. The van der Waals surface area contributed by atoms with Crippen molar-refractivity contribution >= 4 is 65.4 Å². The summed E-state index contributed by atoms with van der Waals surface area (Å²) in [5.74, 6) is 5.86. The molecule has 0 unspecified atom stereocenters. The van der Waals surface area contributed by atoms with Gasteiger partial charge in [-0.15, -0.1) is 0 Å². The molecule has 492 valence electrons. The Balaban J connectivity index is 0.000000157. The molecule has 6 N–H and O–H groups in total. The molecule has 0 saturated heterocycles. The minimum absolute atomic E-state index is 0.710. The van der Waals surface area contributed by atoms with Crippen molar-refractivity contribution in [2.24, 2.45) is 0 Å². The molecule has 0 fully saturated rings. The van der Waals surface area contributed by atoms with E-state index in [9.17, 15) is 0 Å². The molecule has 6 aromatic carbocycles. The van der Waals surface area contributed by atoms with E-state index in [1.807, 2.05) is 64.1 Å². The van der Waals surface area contributed by atoms with Crippen LogP contribution in [-0.4, -0.2) is 69.5 Å². The molecule has 0 atom stereocenters. The van der Waals surface area contributed by atoms with Gasteiger partial charge in [-0.3, -0.25) is 0 Å². The van der Waals surface area contributed by atoms with Gasteiger partial charge in [0, 0.05) is 80.5 Å². The highest BCUT2D eigenvalue weighted by atomic mass is 16.5. The summed E-state index contributed by atoms with van der Waals surface area (Å²) in [5, 5.41) is 7.70. The smallest absolute Gasteiger partial charge is 0.143 e. The standard InChI is InChI=1S/2C14H19NO.4C13H17NO/c2*1-3-6-11-10-15-12-7-5-8-13(14(11)12)16-9-4-2;4*1-3-6-10-9-14-13-11(10)7-5-8-12(13)15-4-2/h2*5,7-8,10,15H,3-4,6,9H2,1-2H3;4*5,7-9,14H,3-4,6H2,1-2H3. The van der Waals surface area contributed by atoms with Crippen molar-refractivity contribution in [2.45, 2.75) is 173 Å². The van der Waals surface area contributed by atoms with Crippen LogP contribution in [0.5, 0.6) is 34.5 Å². The number of H-pyrrole nitrogens is 6. The van der Waals surface area contributed by atoms with E-state index in [1.165, 1.54) is 102 Å². The maximum Gasteiger partial charge on any atom is 0.143 e. The number of nitrogens with one attached hydrogen (secondary N) is 6. The topological polar surface area (TPSA) is 150 Å². The van der Waals surface area contributed by atoms with E-state index in [0.29, 0.717) is 26.4 Å². The molecule has 6 heterocycles. The molecule has 12 nitrogen and oxygen atoms in total. The van der Waals surface area contributed by atoms with Gasteiger partial charge in [0.2, 0.25) is 0 Å². The number of benzene rings is 6.